The first-order valence-corrected chi connectivity index (χ1v) is 8.93. The summed E-state index contributed by atoms with van der Waals surface area (Å²) < 4.78 is 66.1. The van der Waals surface area contributed by atoms with Crippen LogP contribution in [0.2, 0.25) is 0 Å². The van der Waals surface area contributed by atoms with E-state index in [9.17, 15) is 21.6 Å². The van der Waals surface area contributed by atoms with Gasteiger partial charge in [-0.15, -0.1) is 0 Å². The minimum atomic E-state index is -4.17. The first kappa shape index (κ1) is 16.7. The molecule has 2 aliphatic rings. The minimum Gasteiger partial charge on any atom is -0.315 e. The average molecular weight is 349 g/mol. The Morgan fingerprint density at radius 3 is 2.35 bits per heavy atom. The number of halogens is 3. The molecule has 0 saturated carbocycles. The first-order valence-electron chi connectivity index (χ1n) is 7.49. The number of rotatable bonds is 3. The fourth-order valence-electron chi connectivity index (χ4n) is 3.11. The molecule has 1 N–H and O–H groups in total. The van der Waals surface area contributed by atoms with Crippen molar-refractivity contribution >= 4 is 10.0 Å². The molecule has 0 aliphatic carbocycles. The van der Waals surface area contributed by atoms with Crippen molar-refractivity contribution in [2.45, 2.75) is 17.4 Å². The summed E-state index contributed by atoms with van der Waals surface area (Å²) in [5.74, 6) is -4.82. The molecule has 2 saturated heterocycles. The molecular formula is C14H18F3N3O2S. The largest absolute Gasteiger partial charge is 0.315 e. The van der Waals surface area contributed by atoms with Crippen LogP contribution < -0.4 is 5.32 Å². The van der Waals surface area contributed by atoms with Gasteiger partial charge in [0.2, 0.25) is 10.0 Å². The van der Waals surface area contributed by atoms with Crippen LogP contribution in [0.5, 0.6) is 0 Å². The van der Waals surface area contributed by atoms with E-state index in [2.05, 4.69) is 10.2 Å². The number of benzene rings is 1. The molecule has 128 valence electrons. The van der Waals surface area contributed by atoms with Gasteiger partial charge in [-0.2, -0.15) is 4.31 Å². The van der Waals surface area contributed by atoms with Crippen LogP contribution in [0.3, 0.4) is 0 Å². The highest BCUT2D eigenvalue weighted by molar-refractivity contribution is 7.89. The van der Waals surface area contributed by atoms with E-state index in [0.717, 1.165) is 29.9 Å². The van der Waals surface area contributed by atoms with E-state index in [1.54, 1.807) is 0 Å². The van der Waals surface area contributed by atoms with E-state index >= 15 is 0 Å². The molecule has 2 heterocycles. The maximum absolute atomic E-state index is 13.8. The fraction of sp³-hybridized carbons (Fsp3) is 0.571. The van der Waals surface area contributed by atoms with Crippen molar-refractivity contribution in [1.82, 2.24) is 14.5 Å². The van der Waals surface area contributed by atoms with Crippen LogP contribution in [-0.4, -0.2) is 62.9 Å². The Bertz CT molecular complexity index is 685. The quantitative estimate of drug-likeness (QED) is 0.819. The number of hydrogen-bond donors (Lipinski definition) is 1. The van der Waals surface area contributed by atoms with Crippen LogP contribution in [0.25, 0.3) is 0 Å². The molecule has 0 aromatic heterocycles. The molecule has 0 spiro atoms. The Morgan fingerprint density at radius 1 is 1.04 bits per heavy atom. The van der Waals surface area contributed by atoms with Gasteiger partial charge in [-0.25, -0.2) is 21.6 Å². The van der Waals surface area contributed by atoms with Crippen LogP contribution in [-0.2, 0) is 10.0 Å². The van der Waals surface area contributed by atoms with Crippen molar-refractivity contribution in [3.8, 4) is 0 Å². The van der Waals surface area contributed by atoms with E-state index in [4.69, 9.17) is 0 Å². The molecule has 1 aromatic rings. The molecule has 9 heteroatoms. The zero-order chi connectivity index (χ0) is 16.6. The van der Waals surface area contributed by atoms with Gasteiger partial charge in [-0.3, -0.25) is 4.90 Å². The lowest BCUT2D eigenvalue weighted by molar-refractivity contribution is 0.145. The second-order valence-corrected chi connectivity index (χ2v) is 7.67. The Labute approximate surface area is 133 Å². The summed E-state index contributed by atoms with van der Waals surface area (Å²) in [5, 5.41) is 3.26. The second-order valence-electron chi connectivity index (χ2n) is 5.76. The van der Waals surface area contributed by atoms with Gasteiger partial charge in [0.1, 0.15) is 4.90 Å². The normalized spacial score (nSPS) is 24.2. The van der Waals surface area contributed by atoms with Crippen molar-refractivity contribution in [2.24, 2.45) is 0 Å². The summed E-state index contributed by atoms with van der Waals surface area (Å²) in [7, 11) is -4.17. The molecule has 5 nitrogen and oxygen atoms in total. The van der Waals surface area contributed by atoms with Gasteiger partial charge < -0.3 is 5.32 Å². The minimum absolute atomic E-state index is 0.206. The van der Waals surface area contributed by atoms with Crippen LogP contribution in [0, 0.1) is 17.5 Å². The van der Waals surface area contributed by atoms with Gasteiger partial charge in [0.05, 0.1) is 0 Å². The molecule has 2 fully saturated rings. The molecule has 0 amide bonds. The van der Waals surface area contributed by atoms with Gasteiger partial charge in [0, 0.05) is 38.8 Å². The summed E-state index contributed by atoms with van der Waals surface area (Å²) in [4.78, 5) is 1.39. The maximum Gasteiger partial charge on any atom is 0.246 e. The second kappa shape index (κ2) is 6.39. The monoisotopic (exact) mass is 349 g/mol. The fourth-order valence-corrected chi connectivity index (χ4v) is 4.58. The third-order valence-corrected chi connectivity index (χ3v) is 6.36. The van der Waals surface area contributed by atoms with E-state index in [-0.39, 0.29) is 13.1 Å². The number of piperazine rings is 1. The summed E-state index contributed by atoms with van der Waals surface area (Å²) in [6, 6.07) is 1.79. The van der Waals surface area contributed by atoms with Crippen molar-refractivity contribution in [2.75, 3.05) is 39.3 Å². The molecule has 23 heavy (non-hydrogen) atoms. The highest BCUT2D eigenvalue weighted by Gasteiger charge is 2.34. The molecule has 0 radical (unpaired) electrons. The lowest BCUT2D eigenvalue weighted by atomic mass is 10.2. The van der Waals surface area contributed by atoms with Crippen molar-refractivity contribution in [3.63, 3.8) is 0 Å². The van der Waals surface area contributed by atoms with E-state index in [1.165, 1.54) is 0 Å². The number of nitrogens with zero attached hydrogens (tertiary/aromatic N) is 2. The summed E-state index contributed by atoms with van der Waals surface area (Å²) in [6.07, 6.45) is 1.02. The molecule has 1 aromatic carbocycles. The highest BCUT2D eigenvalue weighted by Crippen LogP contribution is 2.24. The molecular weight excluding hydrogens is 331 g/mol. The van der Waals surface area contributed by atoms with Crippen molar-refractivity contribution in [3.05, 3.63) is 29.6 Å². The van der Waals surface area contributed by atoms with Crippen LogP contribution in [0.4, 0.5) is 13.2 Å². The molecule has 3 rings (SSSR count). The van der Waals surface area contributed by atoms with Crippen LogP contribution in [0.1, 0.15) is 6.42 Å². The topological polar surface area (TPSA) is 52.7 Å². The predicted octanol–water partition coefficient (Wildman–Crippen LogP) is 0.772. The first-order chi connectivity index (χ1) is 10.9. The van der Waals surface area contributed by atoms with Crippen molar-refractivity contribution in [1.29, 1.82) is 0 Å². The molecule has 1 atom stereocenters. The summed E-state index contributed by atoms with van der Waals surface area (Å²) >= 11 is 0. The van der Waals surface area contributed by atoms with E-state index in [1.807, 2.05) is 0 Å². The van der Waals surface area contributed by atoms with Gasteiger partial charge >= 0.3 is 0 Å². The third kappa shape index (κ3) is 3.10. The Morgan fingerprint density at radius 2 is 1.74 bits per heavy atom. The Kier molecular flexibility index (Phi) is 4.63. The highest BCUT2D eigenvalue weighted by atomic mass is 32.2. The lowest BCUT2D eigenvalue weighted by Crippen LogP contribution is -2.52. The predicted molar refractivity (Wildman–Crippen MR) is 77.9 cm³/mol. The Balaban J connectivity index is 1.75. The number of sulfonamides is 1. The number of hydrogen-bond acceptors (Lipinski definition) is 4. The van der Waals surface area contributed by atoms with Gasteiger partial charge in [0.15, 0.2) is 17.5 Å². The summed E-state index contributed by atoms with van der Waals surface area (Å²) in [6.45, 7) is 3.32. The Hall–Kier alpha value is -1.16. The van der Waals surface area contributed by atoms with Crippen LogP contribution in [0.15, 0.2) is 17.0 Å². The average Bonchev–Trinajstić information content (AvgIpc) is 3.07. The standard InChI is InChI=1S/C14H18F3N3O2S/c15-11-1-2-12(14(17)13(11)16)23(21,22)20-7-5-19(6-8-20)10-3-4-18-9-10/h1-2,10,18H,3-9H2. The zero-order valence-electron chi connectivity index (χ0n) is 12.4. The smallest absolute Gasteiger partial charge is 0.246 e. The lowest BCUT2D eigenvalue weighted by Gasteiger charge is -2.37. The van der Waals surface area contributed by atoms with Crippen molar-refractivity contribution < 1.29 is 21.6 Å². The van der Waals surface area contributed by atoms with E-state index < -0.39 is 32.4 Å². The SMILES string of the molecule is O=S(=O)(c1ccc(F)c(F)c1F)N1CCN(C2CCNC2)CC1. The van der Waals surface area contributed by atoms with Gasteiger partial charge in [-0.1, -0.05) is 0 Å². The van der Waals surface area contributed by atoms with Gasteiger partial charge in [0.25, 0.3) is 0 Å². The summed E-state index contributed by atoms with van der Waals surface area (Å²) in [5.41, 5.74) is 0. The van der Waals surface area contributed by atoms with E-state index in [0.29, 0.717) is 25.2 Å². The maximum atomic E-state index is 13.8. The molecule has 2 aliphatic heterocycles. The third-order valence-electron chi connectivity index (χ3n) is 4.44. The zero-order valence-corrected chi connectivity index (χ0v) is 13.3. The van der Waals surface area contributed by atoms with Crippen LogP contribution >= 0.6 is 0 Å². The van der Waals surface area contributed by atoms with Gasteiger partial charge in [-0.05, 0) is 25.1 Å². The molecule has 0 bridgehead atoms. The number of nitrogens with one attached hydrogen (secondary N) is 1. The molecule has 1 unspecified atom stereocenters.